The van der Waals surface area contributed by atoms with E-state index in [9.17, 15) is 9.18 Å². The van der Waals surface area contributed by atoms with Crippen molar-refractivity contribution >= 4 is 35.0 Å². The Balaban J connectivity index is 1.74. The summed E-state index contributed by atoms with van der Waals surface area (Å²) < 4.78 is 13.1. The number of amides is 2. The van der Waals surface area contributed by atoms with Gasteiger partial charge in [0.25, 0.3) is 0 Å². The summed E-state index contributed by atoms with van der Waals surface area (Å²) in [5.41, 5.74) is 9.01. The molecule has 0 atom stereocenters. The first kappa shape index (κ1) is 16.8. The standard InChI is InChI=1S/C17H15ClFN5O/c1-9-15(24-16(20)21-9)10-3-2-4-11(7-10)22-17(25)23-12-5-6-14(19)13(18)8-12/h2-8H,1H3,(H3,20,21,24)(H2,22,23,25). The van der Waals surface area contributed by atoms with Crippen LogP contribution in [0.25, 0.3) is 11.3 Å². The van der Waals surface area contributed by atoms with E-state index < -0.39 is 11.8 Å². The van der Waals surface area contributed by atoms with Crippen LogP contribution in [0.1, 0.15) is 5.69 Å². The summed E-state index contributed by atoms with van der Waals surface area (Å²) in [6.45, 7) is 1.84. The summed E-state index contributed by atoms with van der Waals surface area (Å²) >= 11 is 5.70. The molecule has 0 fully saturated rings. The van der Waals surface area contributed by atoms with E-state index in [1.165, 1.54) is 18.2 Å². The molecular formula is C17H15ClFN5O. The third kappa shape index (κ3) is 3.89. The zero-order chi connectivity index (χ0) is 18.0. The van der Waals surface area contributed by atoms with Crippen LogP contribution in [0.5, 0.6) is 0 Å². The summed E-state index contributed by atoms with van der Waals surface area (Å²) in [4.78, 5) is 19.2. The minimum absolute atomic E-state index is 0.0629. The number of halogens is 2. The number of benzene rings is 2. The van der Waals surface area contributed by atoms with Crippen molar-refractivity contribution in [3.8, 4) is 11.3 Å². The van der Waals surface area contributed by atoms with Gasteiger partial charge in [-0.3, -0.25) is 0 Å². The number of aryl methyl sites for hydroxylation is 1. The van der Waals surface area contributed by atoms with Crippen LogP contribution in [-0.4, -0.2) is 16.0 Å². The second-order valence-electron chi connectivity index (χ2n) is 5.37. The molecular weight excluding hydrogens is 345 g/mol. The minimum Gasteiger partial charge on any atom is -0.369 e. The number of hydrogen-bond acceptors (Lipinski definition) is 3. The smallest absolute Gasteiger partial charge is 0.323 e. The van der Waals surface area contributed by atoms with E-state index in [-0.39, 0.29) is 5.02 Å². The first-order valence-corrected chi connectivity index (χ1v) is 7.76. The SMILES string of the molecule is Cc1nc(N)[nH]c1-c1cccc(NC(=O)Nc2ccc(F)c(Cl)c2)c1. The van der Waals surface area contributed by atoms with E-state index in [0.29, 0.717) is 17.3 Å². The molecule has 0 aliphatic rings. The van der Waals surface area contributed by atoms with Crippen LogP contribution in [0.15, 0.2) is 42.5 Å². The summed E-state index contributed by atoms with van der Waals surface area (Å²) in [5.74, 6) is -0.216. The van der Waals surface area contributed by atoms with Crippen molar-refractivity contribution in [3.05, 3.63) is 59.0 Å². The molecule has 3 aromatic rings. The zero-order valence-corrected chi connectivity index (χ0v) is 14.0. The number of nitrogens with zero attached hydrogens (tertiary/aromatic N) is 1. The molecule has 5 N–H and O–H groups in total. The molecule has 0 saturated heterocycles. The minimum atomic E-state index is -0.547. The average Bonchev–Trinajstić information content (AvgIpc) is 2.90. The number of nitrogen functional groups attached to an aromatic ring is 1. The Morgan fingerprint density at radius 3 is 2.56 bits per heavy atom. The molecule has 25 heavy (non-hydrogen) atoms. The maximum atomic E-state index is 13.1. The Hall–Kier alpha value is -3.06. The van der Waals surface area contributed by atoms with Crippen LogP contribution in [0, 0.1) is 12.7 Å². The number of rotatable bonds is 3. The van der Waals surface area contributed by atoms with Crippen molar-refractivity contribution in [1.29, 1.82) is 0 Å². The van der Waals surface area contributed by atoms with Gasteiger partial charge in [-0.05, 0) is 37.3 Å². The second kappa shape index (κ2) is 6.82. The summed E-state index contributed by atoms with van der Waals surface area (Å²) in [7, 11) is 0. The van der Waals surface area contributed by atoms with Gasteiger partial charge in [-0.1, -0.05) is 23.7 Å². The number of hydrogen-bond donors (Lipinski definition) is 4. The quantitative estimate of drug-likeness (QED) is 0.558. The highest BCUT2D eigenvalue weighted by Gasteiger charge is 2.09. The Labute approximate surface area is 148 Å². The third-order valence-electron chi connectivity index (χ3n) is 3.49. The van der Waals surface area contributed by atoms with E-state index in [1.54, 1.807) is 18.2 Å². The predicted octanol–water partition coefficient (Wildman–Crippen LogP) is 4.40. The van der Waals surface area contributed by atoms with E-state index in [1.807, 2.05) is 13.0 Å². The van der Waals surface area contributed by atoms with Gasteiger partial charge in [0.2, 0.25) is 0 Å². The van der Waals surface area contributed by atoms with Crippen LogP contribution in [0.3, 0.4) is 0 Å². The number of carbonyl (C=O) groups is 1. The molecule has 0 unspecified atom stereocenters. The van der Waals surface area contributed by atoms with Gasteiger partial charge in [-0.25, -0.2) is 14.2 Å². The molecule has 1 heterocycles. The molecule has 8 heteroatoms. The molecule has 1 aromatic heterocycles. The highest BCUT2D eigenvalue weighted by molar-refractivity contribution is 6.31. The first-order valence-electron chi connectivity index (χ1n) is 7.38. The molecule has 0 saturated carbocycles. The lowest BCUT2D eigenvalue weighted by atomic mass is 10.1. The van der Waals surface area contributed by atoms with Crippen LogP contribution >= 0.6 is 11.6 Å². The molecule has 0 spiro atoms. The Kier molecular flexibility index (Phi) is 4.58. The van der Waals surface area contributed by atoms with Gasteiger partial charge in [-0.15, -0.1) is 0 Å². The van der Waals surface area contributed by atoms with Crippen LogP contribution in [0.2, 0.25) is 5.02 Å². The van der Waals surface area contributed by atoms with Gasteiger partial charge in [0, 0.05) is 16.9 Å². The molecule has 2 aromatic carbocycles. The van der Waals surface area contributed by atoms with Crippen LogP contribution in [-0.2, 0) is 0 Å². The Morgan fingerprint density at radius 1 is 1.20 bits per heavy atom. The van der Waals surface area contributed by atoms with E-state index in [0.717, 1.165) is 17.0 Å². The fourth-order valence-corrected chi connectivity index (χ4v) is 2.56. The number of H-pyrrole nitrogens is 1. The topological polar surface area (TPSA) is 95.8 Å². The van der Waals surface area contributed by atoms with Crippen molar-refractivity contribution in [1.82, 2.24) is 9.97 Å². The second-order valence-corrected chi connectivity index (χ2v) is 5.78. The number of urea groups is 1. The summed E-state index contributed by atoms with van der Waals surface area (Å²) in [5, 5.41) is 5.24. The van der Waals surface area contributed by atoms with E-state index in [4.69, 9.17) is 17.3 Å². The maximum absolute atomic E-state index is 13.1. The summed E-state index contributed by atoms with van der Waals surface area (Å²) in [6.07, 6.45) is 0. The Bertz CT molecular complexity index is 941. The molecule has 0 aliphatic heterocycles. The lowest BCUT2D eigenvalue weighted by molar-refractivity contribution is 0.262. The number of imidazole rings is 1. The molecule has 6 nitrogen and oxygen atoms in total. The molecule has 0 aliphatic carbocycles. The van der Waals surface area contributed by atoms with Crippen molar-refractivity contribution in [2.75, 3.05) is 16.4 Å². The lowest BCUT2D eigenvalue weighted by Gasteiger charge is -2.09. The highest BCUT2D eigenvalue weighted by atomic mass is 35.5. The van der Waals surface area contributed by atoms with Gasteiger partial charge in [-0.2, -0.15) is 0 Å². The number of aromatic amines is 1. The van der Waals surface area contributed by atoms with Crippen molar-refractivity contribution in [2.45, 2.75) is 6.92 Å². The molecule has 128 valence electrons. The molecule has 3 rings (SSSR count). The van der Waals surface area contributed by atoms with E-state index >= 15 is 0 Å². The van der Waals surface area contributed by atoms with Gasteiger partial charge < -0.3 is 21.4 Å². The number of nitrogens with two attached hydrogens (primary N) is 1. The largest absolute Gasteiger partial charge is 0.369 e. The van der Waals surface area contributed by atoms with Crippen LogP contribution < -0.4 is 16.4 Å². The number of carbonyl (C=O) groups excluding carboxylic acids is 1. The first-order chi connectivity index (χ1) is 11.9. The van der Waals surface area contributed by atoms with Gasteiger partial charge in [0.15, 0.2) is 5.95 Å². The number of anilines is 3. The highest BCUT2D eigenvalue weighted by Crippen LogP contribution is 2.25. The summed E-state index contributed by atoms with van der Waals surface area (Å²) in [6, 6.07) is 10.7. The fourth-order valence-electron chi connectivity index (χ4n) is 2.38. The number of nitrogens with one attached hydrogen (secondary N) is 3. The fraction of sp³-hybridized carbons (Fsp3) is 0.0588. The Morgan fingerprint density at radius 2 is 1.92 bits per heavy atom. The van der Waals surface area contributed by atoms with Gasteiger partial charge in [0.05, 0.1) is 16.4 Å². The molecule has 0 radical (unpaired) electrons. The molecule has 2 amide bonds. The molecule has 0 bridgehead atoms. The lowest BCUT2D eigenvalue weighted by Crippen LogP contribution is -2.19. The van der Waals surface area contributed by atoms with Crippen LogP contribution in [0.4, 0.5) is 26.5 Å². The maximum Gasteiger partial charge on any atom is 0.323 e. The predicted molar refractivity (Wildman–Crippen MR) is 97.2 cm³/mol. The van der Waals surface area contributed by atoms with Gasteiger partial charge >= 0.3 is 6.03 Å². The van der Waals surface area contributed by atoms with E-state index in [2.05, 4.69) is 20.6 Å². The zero-order valence-electron chi connectivity index (χ0n) is 13.2. The van der Waals surface area contributed by atoms with Crippen molar-refractivity contribution in [2.24, 2.45) is 0 Å². The number of aromatic nitrogens is 2. The van der Waals surface area contributed by atoms with Crippen molar-refractivity contribution in [3.63, 3.8) is 0 Å². The van der Waals surface area contributed by atoms with Crippen molar-refractivity contribution < 1.29 is 9.18 Å². The normalized spacial score (nSPS) is 10.5. The monoisotopic (exact) mass is 359 g/mol. The van der Waals surface area contributed by atoms with Gasteiger partial charge in [0.1, 0.15) is 5.82 Å². The average molecular weight is 360 g/mol. The third-order valence-corrected chi connectivity index (χ3v) is 3.78.